The number of likely N-dealkylation sites (tertiary alicyclic amines) is 1. The van der Waals surface area contributed by atoms with E-state index in [0.29, 0.717) is 6.61 Å². The van der Waals surface area contributed by atoms with Gasteiger partial charge in [0, 0.05) is 0 Å². The van der Waals surface area contributed by atoms with Gasteiger partial charge in [-0.1, -0.05) is 91.0 Å². The molecule has 1 unspecified atom stereocenters. The van der Waals surface area contributed by atoms with Crippen molar-refractivity contribution in [2.45, 2.75) is 76.7 Å². The highest BCUT2D eigenvalue weighted by Crippen LogP contribution is 2.34. The van der Waals surface area contributed by atoms with Crippen LogP contribution in [0.3, 0.4) is 0 Å². The molecule has 3 aromatic carbocycles. The first-order chi connectivity index (χ1) is 20.8. The zero-order valence-electron chi connectivity index (χ0n) is 24.7. The average Bonchev–Trinajstić information content (AvgIpc) is 3.31. The Hall–Kier alpha value is -3.12. The summed E-state index contributed by atoms with van der Waals surface area (Å²) in [5.74, 6) is 0. The van der Waals surface area contributed by atoms with Crippen molar-refractivity contribution < 1.29 is 36.3 Å². The van der Waals surface area contributed by atoms with Crippen molar-refractivity contribution in [2.24, 2.45) is 0 Å². The lowest BCUT2D eigenvalue weighted by Gasteiger charge is -2.38. The van der Waals surface area contributed by atoms with Gasteiger partial charge < -0.3 is 18.9 Å². The van der Waals surface area contributed by atoms with Crippen LogP contribution in [0.5, 0.6) is 0 Å². The first kappa shape index (κ1) is 31.3. The molecule has 0 bridgehead atoms. The molecule has 1 amide bonds. The Morgan fingerprint density at radius 1 is 0.791 bits per heavy atom. The highest BCUT2D eigenvalue weighted by molar-refractivity contribution is 7.75. The van der Waals surface area contributed by atoms with E-state index < -0.39 is 53.5 Å². The number of carbonyl (C=O) groups is 1. The summed E-state index contributed by atoms with van der Waals surface area (Å²) in [7, 11) is 0. The second-order valence-electron chi connectivity index (χ2n) is 11.6. The molecule has 43 heavy (non-hydrogen) atoms. The quantitative estimate of drug-likeness (QED) is 0.304. The maximum absolute atomic E-state index is 13.8. The van der Waals surface area contributed by atoms with Crippen molar-refractivity contribution in [2.75, 3.05) is 13.2 Å². The molecule has 5 rings (SSSR count). The highest BCUT2D eigenvalue weighted by atomic mass is 32.2. The molecule has 6 atom stereocenters. The van der Waals surface area contributed by atoms with Gasteiger partial charge in [0.1, 0.15) is 30.0 Å². The molecule has 10 heteroatoms. The van der Waals surface area contributed by atoms with Crippen molar-refractivity contribution in [1.29, 1.82) is 0 Å². The van der Waals surface area contributed by atoms with Crippen molar-refractivity contribution in [3.05, 3.63) is 108 Å². The van der Waals surface area contributed by atoms with E-state index in [1.807, 2.05) is 112 Å². The Kier molecular flexibility index (Phi) is 10.6. The summed E-state index contributed by atoms with van der Waals surface area (Å²) in [4.78, 5) is 15.3. The smallest absolute Gasteiger partial charge is 0.410 e. The number of carbonyl (C=O) groups excluding carboxylic acids is 1. The van der Waals surface area contributed by atoms with Crippen molar-refractivity contribution in [3.63, 3.8) is 0 Å². The van der Waals surface area contributed by atoms with Gasteiger partial charge in [-0.15, -0.1) is 0 Å². The molecule has 0 saturated carbocycles. The van der Waals surface area contributed by atoms with Crippen molar-refractivity contribution in [1.82, 2.24) is 4.90 Å². The molecule has 2 aliphatic rings. The number of benzene rings is 3. The largest absolute Gasteiger partial charge is 0.444 e. The molecule has 9 nitrogen and oxygen atoms in total. The van der Waals surface area contributed by atoms with Gasteiger partial charge in [-0.3, -0.25) is 13.3 Å². The first-order valence-corrected chi connectivity index (χ1v) is 15.5. The molecule has 0 radical (unpaired) electrons. The van der Waals surface area contributed by atoms with E-state index >= 15 is 0 Å². The van der Waals surface area contributed by atoms with Crippen LogP contribution in [0, 0.1) is 0 Å². The van der Waals surface area contributed by atoms with Gasteiger partial charge in [0.05, 0.1) is 39.0 Å². The summed E-state index contributed by atoms with van der Waals surface area (Å²) >= 11 is -2.01. The maximum Gasteiger partial charge on any atom is 0.410 e. The predicted molar refractivity (Wildman–Crippen MR) is 161 cm³/mol. The minimum atomic E-state index is -2.01. The minimum absolute atomic E-state index is 0.0566. The summed E-state index contributed by atoms with van der Waals surface area (Å²) in [5.41, 5.74) is 2.14. The molecule has 2 heterocycles. The Bertz CT molecular complexity index is 1320. The van der Waals surface area contributed by atoms with Gasteiger partial charge in [0.15, 0.2) is 0 Å². The van der Waals surface area contributed by atoms with E-state index in [9.17, 15) is 9.00 Å². The van der Waals surface area contributed by atoms with Gasteiger partial charge in [-0.25, -0.2) is 4.79 Å². The Morgan fingerprint density at radius 3 is 1.84 bits per heavy atom. The molecular weight excluding hydrogens is 570 g/mol. The highest BCUT2D eigenvalue weighted by Gasteiger charge is 2.54. The SMILES string of the molecule is CC(C)(C)OC(=O)N1C[C@@H]2OS(=O)O[C@@H]2[C@@H](OCc2ccccc2)[C@H](OCc2ccccc2)[C@H]1COCc1ccccc1. The van der Waals surface area contributed by atoms with E-state index in [0.717, 1.165) is 16.7 Å². The Balaban J connectivity index is 1.50. The summed E-state index contributed by atoms with van der Waals surface area (Å²) in [5, 5.41) is 0. The monoisotopic (exact) mass is 609 g/mol. The number of rotatable bonds is 10. The van der Waals surface area contributed by atoms with Crippen LogP contribution in [-0.2, 0) is 58.5 Å². The summed E-state index contributed by atoms with van der Waals surface area (Å²) in [6.45, 7) is 6.45. The fourth-order valence-electron chi connectivity index (χ4n) is 5.16. The Morgan fingerprint density at radius 2 is 1.30 bits per heavy atom. The fourth-order valence-corrected chi connectivity index (χ4v) is 5.99. The molecule has 0 aliphatic carbocycles. The van der Waals surface area contributed by atoms with E-state index in [4.69, 9.17) is 27.3 Å². The summed E-state index contributed by atoms with van der Waals surface area (Å²) in [6, 6.07) is 28.7. The molecular formula is C33H39NO8S. The molecule has 2 saturated heterocycles. The zero-order valence-corrected chi connectivity index (χ0v) is 25.5. The van der Waals surface area contributed by atoms with Crippen LogP contribution in [0.4, 0.5) is 4.79 Å². The molecule has 0 N–H and O–H groups in total. The maximum atomic E-state index is 13.8. The van der Waals surface area contributed by atoms with E-state index in [1.54, 1.807) is 4.90 Å². The molecule has 230 valence electrons. The fraction of sp³-hybridized carbons (Fsp3) is 0.424. The van der Waals surface area contributed by atoms with Crippen LogP contribution in [0.1, 0.15) is 37.5 Å². The van der Waals surface area contributed by atoms with Crippen molar-refractivity contribution in [3.8, 4) is 0 Å². The molecule has 2 aliphatic heterocycles. The number of ether oxygens (including phenoxy) is 4. The number of fused-ring (bicyclic) bond motifs is 1. The topological polar surface area (TPSA) is 92.8 Å². The number of nitrogens with zero attached hydrogens (tertiary/aromatic N) is 1. The third kappa shape index (κ3) is 8.72. The van der Waals surface area contributed by atoms with Crippen LogP contribution < -0.4 is 0 Å². The molecule has 0 aromatic heterocycles. The lowest BCUT2D eigenvalue weighted by atomic mass is 10.00. The van der Waals surface area contributed by atoms with Crippen LogP contribution in [0.2, 0.25) is 0 Å². The first-order valence-electron chi connectivity index (χ1n) is 14.5. The van der Waals surface area contributed by atoms with Gasteiger partial charge in [0.2, 0.25) is 0 Å². The number of hydrogen-bond acceptors (Lipinski definition) is 8. The molecule has 2 fully saturated rings. The second-order valence-corrected chi connectivity index (χ2v) is 12.4. The van der Waals surface area contributed by atoms with E-state index in [-0.39, 0.29) is 26.4 Å². The lowest BCUT2D eigenvalue weighted by molar-refractivity contribution is -0.145. The van der Waals surface area contributed by atoms with Crippen LogP contribution in [0.25, 0.3) is 0 Å². The van der Waals surface area contributed by atoms with Crippen LogP contribution in [0.15, 0.2) is 91.0 Å². The van der Waals surface area contributed by atoms with Gasteiger partial charge in [-0.2, -0.15) is 4.21 Å². The van der Waals surface area contributed by atoms with Gasteiger partial charge >= 0.3 is 17.5 Å². The van der Waals surface area contributed by atoms with Crippen molar-refractivity contribution >= 4 is 17.5 Å². The van der Waals surface area contributed by atoms with Crippen LogP contribution >= 0.6 is 0 Å². The third-order valence-electron chi connectivity index (χ3n) is 7.16. The normalized spacial score (nSPS) is 25.6. The van der Waals surface area contributed by atoms with E-state index in [2.05, 4.69) is 0 Å². The minimum Gasteiger partial charge on any atom is -0.444 e. The van der Waals surface area contributed by atoms with Gasteiger partial charge in [0.25, 0.3) is 0 Å². The standard InChI is InChI=1S/C33H39NO8S/c1-33(2,3)40-32(35)34-19-28-30(42-43(36)41-28)31(39-22-26-17-11-6-12-18-26)29(38-21-25-15-9-5-10-16-25)27(34)23-37-20-24-13-7-4-8-14-24/h4-18,27-31H,19-23H2,1-3H3/t27-,28+,29-,30+,31+,43?/m1/s1. The predicted octanol–water partition coefficient (Wildman–Crippen LogP) is 5.36. The van der Waals surface area contributed by atoms with Crippen LogP contribution in [-0.4, -0.2) is 64.4 Å². The summed E-state index contributed by atoms with van der Waals surface area (Å²) in [6.07, 6.45) is -3.57. The van der Waals surface area contributed by atoms with Gasteiger partial charge in [-0.05, 0) is 37.5 Å². The van der Waals surface area contributed by atoms with E-state index in [1.165, 1.54) is 0 Å². The second kappa shape index (κ2) is 14.6. The third-order valence-corrected chi connectivity index (χ3v) is 7.94. The molecule has 3 aromatic rings. The number of amides is 1. The molecule has 0 spiro atoms. The summed E-state index contributed by atoms with van der Waals surface area (Å²) < 4.78 is 49.3. The zero-order chi connectivity index (χ0) is 30.2. The average molecular weight is 610 g/mol. The lowest BCUT2D eigenvalue weighted by Crippen LogP contribution is -2.55. The Labute approximate surface area is 255 Å². The number of hydrogen-bond donors (Lipinski definition) is 0.